The number of hydrogen-bond acceptors (Lipinski definition) is 5. The van der Waals surface area contributed by atoms with Crippen molar-refractivity contribution in [1.29, 1.82) is 0 Å². The van der Waals surface area contributed by atoms with Crippen molar-refractivity contribution in [2.75, 3.05) is 5.73 Å². The summed E-state index contributed by atoms with van der Waals surface area (Å²) in [4.78, 5) is 27.6. The van der Waals surface area contributed by atoms with E-state index in [-0.39, 0.29) is 5.92 Å². The normalized spacial score (nSPS) is 14.3. The Labute approximate surface area is 158 Å². The fraction of sp³-hybridized carbons (Fsp3) is 0.474. The summed E-state index contributed by atoms with van der Waals surface area (Å²) < 4.78 is 5.24. The summed E-state index contributed by atoms with van der Waals surface area (Å²) in [5.74, 6) is 0.177. The lowest BCUT2D eigenvalue weighted by Crippen LogP contribution is -2.46. The third-order valence-corrected chi connectivity index (χ3v) is 4.13. The zero-order chi connectivity index (χ0) is 20.2. The molecule has 1 unspecified atom stereocenters. The highest BCUT2D eigenvalue weighted by Gasteiger charge is 2.28. The van der Waals surface area contributed by atoms with Gasteiger partial charge in [0.2, 0.25) is 0 Å². The van der Waals surface area contributed by atoms with E-state index in [2.05, 4.69) is 20.5 Å². The highest BCUT2D eigenvalue weighted by Crippen LogP contribution is 2.30. The second-order valence-corrected chi connectivity index (χ2v) is 7.48. The Balaban J connectivity index is 2.19. The largest absolute Gasteiger partial charge is 0.444 e. The molecule has 27 heavy (non-hydrogen) atoms. The summed E-state index contributed by atoms with van der Waals surface area (Å²) in [6, 6.07) is 6.58. The van der Waals surface area contributed by atoms with Crippen molar-refractivity contribution in [3.63, 3.8) is 0 Å². The molecule has 8 nitrogen and oxygen atoms in total. The average Bonchev–Trinajstić information content (AvgIpc) is 2.92. The van der Waals surface area contributed by atoms with Crippen LogP contribution < -0.4 is 11.1 Å². The number of nitrogen functional groups attached to an aromatic ring is 1. The molecule has 2 rings (SSSR count). The summed E-state index contributed by atoms with van der Waals surface area (Å²) in [5, 5.41) is 12.0. The first-order chi connectivity index (χ1) is 12.6. The summed E-state index contributed by atoms with van der Waals surface area (Å²) in [7, 11) is 0. The number of nitrogens with zero attached hydrogens (tertiary/aromatic N) is 2. The summed E-state index contributed by atoms with van der Waals surface area (Å²) in [5.41, 5.74) is 5.26. The second kappa shape index (κ2) is 8.20. The zero-order valence-electron chi connectivity index (χ0n) is 16.4. The lowest BCUT2D eigenvalue weighted by Gasteiger charge is -2.24. The van der Waals surface area contributed by atoms with Crippen LogP contribution in [-0.4, -0.2) is 28.6 Å². The molecule has 2 atom stereocenters. The number of aromatic amines is 1. The van der Waals surface area contributed by atoms with Gasteiger partial charge in [-0.25, -0.2) is 4.79 Å². The van der Waals surface area contributed by atoms with Gasteiger partial charge in [0.05, 0.1) is 0 Å². The van der Waals surface area contributed by atoms with E-state index in [4.69, 9.17) is 10.5 Å². The van der Waals surface area contributed by atoms with E-state index in [1.807, 2.05) is 38.1 Å². The van der Waals surface area contributed by atoms with Crippen LogP contribution in [0.25, 0.3) is 10.8 Å². The number of fused-ring (bicyclic) bond motifs is 1. The molecule has 0 saturated heterocycles. The van der Waals surface area contributed by atoms with Crippen molar-refractivity contribution in [1.82, 2.24) is 10.3 Å². The maximum Gasteiger partial charge on any atom is 0.408 e. The molecule has 0 radical (unpaired) electrons. The Kier molecular flexibility index (Phi) is 6.20. The molecule has 0 bridgehead atoms. The third kappa shape index (κ3) is 5.29. The number of ether oxygens (including phenoxy) is 1. The molecule has 0 aliphatic rings. The molecular formula is C19H27N5O3. The van der Waals surface area contributed by atoms with Gasteiger partial charge < -0.3 is 20.8 Å². The van der Waals surface area contributed by atoms with Crippen LogP contribution in [0.4, 0.5) is 16.4 Å². The standard InChI is InChI=1S/C19H27N5O3/c1-6-11(2)14(21-18(26)27-19(3,4)5)17(25)24-23-16-13-10-8-7-9-12(13)15(20)22-16/h7-11,14,22H,6,20H2,1-5H3,(H,21,26)/t11?,14-/m0/s1. The Morgan fingerprint density at radius 2 is 1.89 bits per heavy atom. The van der Waals surface area contributed by atoms with Crippen LogP contribution in [0.1, 0.15) is 41.0 Å². The smallest absolute Gasteiger partial charge is 0.408 e. The van der Waals surface area contributed by atoms with Gasteiger partial charge in [0, 0.05) is 10.8 Å². The van der Waals surface area contributed by atoms with Crippen LogP contribution in [0.2, 0.25) is 0 Å². The van der Waals surface area contributed by atoms with Crippen molar-refractivity contribution in [3.8, 4) is 0 Å². The van der Waals surface area contributed by atoms with E-state index in [1.54, 1.807) is 20.8 Å². The topological polar surface area (TPSA) is 122 Å². The highest BCUT2D eigenvalue weighted by atomic mass is 16.6. The molecule has 2 amide bonds. The van der Waals surface area contributed by atoms with E-state index >= 15 is 0 Å². The first-order valence-corrected chi connectivity index (χ1v) is 8.93. The van der Waals surface area contributed by atoms with Crippen LogP contribution in [0.3, 0.4) is 0 Å². The van der Waals surface area contributed by atoms with Gasteiger partial charge in [0.15, 0.2) is 5.82 Å². The minimum atomic E-state index is -0.827. The number of carbonyl (C=O) groups is 2. The molecular weight excluding hydrogens is 346 g/mol. The predicted molar refractivity (Wildman–Crippen MR) is 105 cm³/mol. The molecule has 0 fully saturated rings. The number of nitrogens with two attached hydrogens (primary N) is 1. The van der Waals surface area contributed by atoms with E-state index < -0.39 is 23.6 Å². The first-order valence-electron chi connectivity index (χ1n) is 8.93. The number of H-pyrrole nitrogens is 1. The first kappa shape index (κ1) is 20.4. The number of aromatic nitrogens is 1. The van der Waals surface area contributed by atoms with Crippen molar-refractivity contribution in [2.45, 2.75) is 52.7 Å². The van der Waals surface area contributed by atoms with Crippen LogP contribution in [0, 0.1) is 5.92 Å². The maximum absolute atomic E-state index is 12.6. The molecule has 1 aromatic carbocycles. The lowest BCUT2D eigenvalue weighted by molar-refractivity contribution is -0.121. The summed E-state index contributed by atoms with van der Waals surface area (Å²) in [6.07, 6.45) is 0.0195. The van der Waals surface area contributed by atoms with E-state index in [1.165, 1.54) is 0 Å². The molecule has 0 aliphatic heterocycles. The number of alkyl carbamates (subject to hydrolysis) is 1. The monoisotopic (exact) mass is 373 g/mol. The number of benzene rings is 1. The predicted octanol–water partition coefficient (Wildman–Crippen LogP) is 4.30. The van der Waals surface area contributed by atoms with E-state index in [9.17, 15) is 9.59 Å². The fourth-order valence-electron chi connectivity index (χ4n) is 2.54. The summed E-state index contributed by atoms with van der Waals surface area (Å²) in [6.45, 7) is 9.06. The zero-order valence-corrected chi connectivity index (χ0v) is 16.4. The van der Waals surface area contributed by atoms with Crippen molar-refractivity contribution < 1.29 is 14.3 Å². The van der Waals surface area contributed by atoms with Crippen LogP contribution in [-0.2, 0) is 9.53 Å². The van der Waals surface area contributed by atoms with Gasteiger partial charge in [-0.3, -0.25) is 4.79 Å². The number of carbonyl (C=O) groups excluding carboxylic acids is 2. The minimum Gasteiger partial charge on any atom is -0.444 e. The van der Waals surface area contributed by atoms with Crippen LogP contribution in [0.5, 0.6) is 0 Å². The van der Waals surface area contributed by atoms with E-state index in [0.717, 1.165) is 10.8 Å². The average molecular weight is 373 g/mol. The fourth-order valence-corrected chi connectivity index (χ4v) is 2.54. The number of azo groups is 1. The number of nitrogens with one attached hydrogen (secondary N) is 2. The number of amides is 2. The summed E-state index contributed by atoms with van der Waals surface area (Å²) >= 11 is 0. The highest BCUT2D eigenvalue weighted by molar-refractivity contribution is 5.99. The SMILES string of the molecule is CCC(C)[C@H](NC(=O)OC(C)(C)C)C(=O)N=Nc1[nH]c(N)c2ccccc12. The Morgan fingerprint density at radius 1 is 1.26 bits per heavy atom. The van der Waals surface area contributed by atoms with Crippen LogP contribution >= 0.6 is 0 Å². The Bertz CT molecular complexity index is 851. The molecule has 0 aliphatic carbocycles. The minimum absolute atomic E-state index is 0.130. The number of hydrogen-bond donors (Lipinski definition) is 3. The van der Waals surface area contributed by atoms with Gasteiger partial charge in [-0.05, 0) is 26.7 Å². The molecule has 0 spiro atoms. The maximum atomic E-state index is 12.6. The molecule has 8 heteroatoms. The molecule has 1 heterocycles. The van der Waals surface area contributed by atoms with Gasteiger partial charge in [-0.15, -0.1) is 10.2 Å². The Morgan fingerprint density at radius 3 is 2.48 bits per heavy atom. The van der Waals surface area contributed by atoms with Crippen molar-refractivity contribution in [2.24, 2.45) is 16.1 Å². The van der Waals surface area contributed by atoms with E-state index in [0.29, 0.717) is 18.1 Å². The molecule has 1 aromatic heterocycles. The van der Waals surface area contributed by atoms with Gasteiger partial charge in [0.1, 0.15) is 17.5 Å². The Hall–Kier alpha value is -2.90. The molecule has 2 aromatic rings. The molecule has 146 valence electrons. The second-order valence-electron chi connectivity index (χ2n) is 7.48. The van der Waals surface area contributed by atoms with Gasteiger partial charge >= 0.3 is 6.09 Å². The van der Waals surface area contributed by atoms with Gasteiger partial charge in [-0.2, -0.15) is 0 Å². The van der Waals surface area contributed by atoms with Crippen LogP contribution in [0.15, 0.2) is 34.5 Å². The molecule has 4 N–H and O–H groups in total. The van der Waals surface area contributed by atoms with Crippen molar-refractivity contribution in [3.05, 3.63) is 24.3 Å². The number of anilines is 1. The third-order valence-electron chi connectivity index (χ3n) is 4.13. The quantitative estimate of drug-likeness (QED) is 0.676. The van der Waals surface area contributed by atoms with Gasteiger partial charge in [0.25, 0.3) is 5.91 Å². The van der Waals surface area contributed by atoms with Crippen molar-refractivity contribution >= 4 is 34.4 Å². The molecule has 0 saturated carbocycles. The lowest BCUT2D eigenvalue weighted by atomic mass is 9.99. The number of rotatable bonds is 5. The van der Waals surface area contributed by atoms with Gasteiger partial charge in [-0.1, -0.05) is 44.5 Å².